The lowest BCUT2D eigenvalue weighted by molar-refractivity contribution is 0.346. The average molecular weight is 351 g/mol. The molecular formula is C15H19BrN4O. The van der Waals surface area contributed by atoms with Gasteiger partial charge in [0.15, 0.2) is 0 Å². The Kier molecular flexibility index (Phi) is 4.65. The summed E-state index contributed by atoms with van der Waals surface area (Å²) in [6.07, 6.45) is 6.26. The van der Waals surface area contributed by atoms with Crippen LogP contribution in [0, 0.1) is 5.92 Å². The van der Waals surface area contributed by atoms with E-state index in [1.807, 2.05) is 12.1 Å². The van der Waals surface area contributed by atoms with Gasteiger partial charge in [-0.3, -0.25) is 4.98 Å². The molecule has 2 heterocycles. The molecule has 2 aromatic heterocycles. The maximum Gasteiger partial charge on any atom is 0.228 e. The number of aromatic nitrogens is 3. The smallest absolute Gasteiger partial charge is 0.228 e. The zero-order chi connectivity index (χ0) is 14.7. The second kappa shape index (κ2) is 6.66. The molecule has 5 nitrogen and oxygen atoms in total. The molecule has 0 aliphatic heterocycles. The van der Waals surface area contributed by atoms with Crippen LogP contribution in [-0.2, 0) is 6.42 Å². The van der Waals surface area contributed by atoms with Crippen molar-refractivity contribution in [1.29, 1.82) is 0 Å². The van der Waals surface area contributed by atoms with Gasteiger partial charge in [0.05, 0.1) is 0 Å². The average Bonchev–Trinajstić information content (AvgIpc) is 3.24. The van der Waals surface area contributed by atoms with Crippen molar-refractivity contribution < 1.29 is 4.52 Å². The van der Waals surface area contributed by atoms with E-state index < -0.39 is 0 Å². The number of nitrogens with one attached hydrogen (secondary N) is 1. The minimum Gasteiger partial charge on any atom is -0.339 e. The third-order valence-electron chi connectivity index (χ3n) is 3.68. The highest BCUT2D eigenvalue weighted by Crippen LogP contribution is 2.34. The molecule has 1 aliphatic rings. The molecule has 0 radical (unpaired) electrons. The zero-order valence-corrected chi connectivity index (χ0v) is 13.6. The van der Waals surface area contributed by atoms with E-state index >= 15 is 0 Å². The molecule has 2 aromatic rings. The molecule has 6 heteroatoms. The fourth-order valence-electron chi connectivity index (χ4n) is 2.41. The summed E-state index contributed by atoms with van der Waals surface area (Å²) in [5, 5.41) is 7.64. The summed E-state index contributed by atoms with van der Waals surface area (Å²) in [5.74, 6) is 1.99. The van der Waals surface area contributed by atoms with Gasteiger partial charge in [0.1, 0.15) is 5.69 Å². The highest BCUT2D eigenvalue weighted by molar-refractivity contribution is 9.10. The van der Waals surface area contributed by atoms with Gasteiger partial charge in [-0.1, -0.05) is 12.1 Å². The van der Waals surface area contributed by atoms with E-state index in [0.717, 1.165) is 35.5 Å². The van der Waals surface area contributed by atoms with Crippen molar-refractivity contribution in [1.82, 2.24) is 20.4 Å². The molecule has 21 heavy (non-hydrogen) atoms. The van der Waals surface area contributed by atoms with Gasteiger partial charge in [-0.25, -0.2) is 0 Å². The molecule has 1 N–H and O–H groups in total. The summed E-state index contributed by atoms with van der Waals surface area (Å²) in [6.45, 7) is 3.22. The number of hydrogen-bond donors (Lipinski definition) is 1. The van der Waals surface area contributed by atoms with Gasteiger partial charge in [-0.2, -0.15) is 4.98 Å². The van der Waals surface area contributed by atoms with Crippen molar-refractivity contribution in [3.8, 4) is 11.5 Å². The summed E-state index contributed by atoms with van der Waals surface area (Å²) in [6, 6.07) is 4.24. The van der Waals surface area contributed by atoms with Gasteiger partial charge in [0.25, 0.3) is 0 Å². The Bertz CT molecular complexity index is 597. The molecule has 112 valence electrons. The molecule has 0 saturated heterocycles. The van der Waals surface area contributed by atoms with E-state index in [1.54, 1.807) is 6.20 Å². The molecule has 1 saturated carbocycles. The van der Waals surface area contributed by atoms with Gasteiger partial charge in [0, 0.05) is 23.1 Å². The SMILES string of the molecule is CCCNC(Cc1nc(-c2ncccc2Br)no1)C1CC1. The second-order valence-corrected chi connectivity index (χ2v) is 6.30. The van der Waals surface area contributed by atoms with Crippen LogP contribution >= 0.6 is 15.9 Å². The normalized spacial score (nSPS) is 16.1. The maximum absolute atomic E-state index is 5.40. The fourth-order valence-corrected chi connectivity index (χ4v) is 2.84. The molecular weight excluding hydrogens is 332 g/mol. The molecule has 0 amide bonds. The largest absolute Gasteiger partial charge is 0.339 e. The predicted molar refractivity (Wildman–Crippen MR) is 83.7 cm³/mol. The number of hydrogen-bond acceptors (Lipinski definition) is 5. The third kappa shape index (κ3) is 3.68. The minimum atomic E-state index is 0.449. The Morgan fingerprint density at radius 2 is 2.33 bits per heavy atom. The first-order valence-corrected chi connectivity index (χ1v) is 8.24. The van der Waals surface area contributed by atoms with E-state index in [4.69, 9.17) is 4.52 Å². The lowest BCUT2D eigenvalue weighted by Gasteiger charge is -2.15. The van der Waals surface area contributed by atoms with Crippen LogP contribution in [0.5, 0.6) is 0 Å². The van der Waals surface area contributed by atoms with Crippen molar-refractivity contribution in [3.05, 3.63) is 28.7 Å². The Hall–Kier alpha value is -1.27. The van der Waals surface area contributed by atoms with E-state index in [0.29, 0.717) is 17.8 Å². The highest BCUT2D eigenvalue weighted by Gasteiger charge is 2.32. The van der Waals surface area contributed by atoms with E-state index in [-0.39, 0.29) is 0 Å². The summed E-state index contributed by atoms with van der Waals surface area (Å²) in [4.78, 5) is 8.78. The Balaban J connectivity index is 1.71. The second-order valence-electron chi connectivity index (χ2n) is 5.45. The van der Waals surface area contributed by atoms with Crippen molar-refractivity contribution in [2.75, 3.05) is 6.54 Å². The molecule has 1 fully saturated rings. The highest BCUT2D eigenvalue weighted by atomic mass is 79.9. The molecule has 1 unspecified atom stereocenters. The molecule has 0 spiro atoms. The quantitative estimate of drug-likeness (QED) is 0.830. The van der Waals surface area contributed by atoms with Gasteiger partial charge in [-0.15, -0.1) is 0 Å². The van der Waals surface area contributed by atoms with Crippen molar-refractivity contribution in [3.63, 3.8) is 0 Å². The Labute approximate surface area is 132 Å². The van der Waals surface area contributed by atoms with Gasteiger partial charge >= 0.3 is 0 Å². The zero-order valence-electron chi connectivity index (χ0n) is 12.1. The van der Waals surface area contributed by atoms with E-state index in [1.165, 1.54) is 12.8 Å². The van der Waals surface area contributed by atoms with Crippen LogP contribution in [0.1, 0.15) is 32.1 Å². The fraction of sp³-hybridized carbons (Fsp3) is 0.533. The topological polar surface area (TPSA) is 63.8 Å². The standard InChI is InChI=1S/C15H19BrN4O/c1-2-7-17-12(10-5-6-10)9-13-19-15(20-21-13)14-11(16)4-3-8-18-14/h3-4,8,10,12,17H,2,5-7,9H2,1H3. The predicted octanol–water partition coefficient (Wildman–Crippen LogP) is 3.21. The van der Waals surface area contributed by atoms with Gasteiger partial charge in [-0.05, 0) is 59.8 Å². The summed E-state index contributed by atoms with van der Waals surface area (Å²) < 4.78 is 6.28. The first kappa shape index (κ1) is 14.7. The van der Waals surface area contributed by atoms with Crippen LogP contribution in [0.4, 0.5) is 0 Å². The van der Waals surface area contributed by atoms with Crippen LogP contribution in [0.2, 0.25) is 0 Å². The monoisotopic (exact) mass is 350 g/mol. The minimum absolute atomic E-state index is 0.449. The number of pyridine rings is 1. The van der Waals surface area contributed by atoms with Crippen LogP contribution in [0.25, 0.3) is 11.5 Å². The Morgan fingerprint density at radius 3 is 3.05 bits per heavy atom. The molecule has 1 aliphatic carbocycles. The van der Waals surface area contributed by atoms with E-state index in [2.05, 4.69) is 43.3 Å². The maximum atomic E-state index is 5.40. The third-order valence-corrected chi connectivity index (χ3v) is 4.32. The first-order valence-electron chi connectivity index (χ1n) is 7.44. The summed E-state index contributed by atoms with van der Waals surface area (Å²) in [7, 11) is 0. The van der Waals surface area contributed by atoms with Crippen molar-refractivity contribution in [2.24, 2.45) is 5.92 Å². The molecule has 3 rings (SSSR count). The van der Waals surface area contributed by atoms with Crippen molar-refractivity contribution >= 4 is 15.9 Å². The number of nitrogens with zero attached hydrogens (tertiary/aromatic N) is 3. The van der Waals surface area contributed by atoms with Crippen LogP contribution in [0.15, 0.2) is 27.3 Å². The molecule has 1 atom stereocenters. The van der Waals surface area contributed by atoms with Gasteiger partial charge < -0.3 is 9.84 Å². The van der Waals surface area contributed by atoms with Gasteiger partial charge in [0.2, 0.25) is 11.7 Å². The molecule has 0 aromatic carbocycles. The molecule has 0 bridgehead atoms. The Morgan fingerprint density at radius 1 is 1.48 bits per heavy atom. The summed E-state index contributed by atoms with van der Waals surface area (Å²) >= 11 is 3.46. The lowest BCUT2D eigenvalue weighted by atomic mass is 10.1. The lowest BCUT2D eigenvalue weighted by Crippen LogP contribution is -2.33. The first-order chi connectivity index (χ1) is 10.3. The number of halogens is 1. The summed E-state index contributed by atoms with van der Waals surface area (Å²) in [5.41, 5.74) is 0.719. The van der Waals surface area contributed by atoms with Crippen molar-refractivity contribution in [2.45, 2.75) is 38.6 Å². The van der Waals surface area contributed by atoms with Crippen LogP contribution in [-0.4, -0.2) is 27.7 Å². The van der Waals surface area contributed by atoms with E-state index in [9.17, 15) is 0 Å². The van der Waals surface area contributed by atoms with Crippen LogP contribution in [0.3, 0.4) is 0 Å². The number of rotatable bonds is 7. The van der Waals surface area contributed by atoms with Crippen LogP contribution < -0.4 is 5.32 Å².